The number of nitrogens with zero attached hydrogens (tertiary/aromatic N) is 4. The molecule has 0 aliphatic carbocycles. The molecule has 0 saturated carbocycles. The van der Waals surface area contributed by atoms with Crippen LogP contribution in [-0.4, -0.2) is 55.3 Å². The first-order chi connectivity index (χ1) is 15.3. The molecule has 5 rings (SSSR count). The molecular weight excluding hydrogens is 394 g/mol. The van der Waals surface area contributed by atoms with Gasteiger partial charge in [-0.3, -0.25) is 4.79 Å². The fourth-order valence-corrected chi connectivity index (χ4v) is 4.16. The van der Waals surface area contributed by atoms with Gasteiger partial charge in [-0.1, -0.05) is 18.2 Å². The molecule has 0 radical (unpaired) electrons. The SMILES string of the molecule is O=C(NCc1ccc(N2CCOCC2)nc1)C1CCN(c2nc3ccccc3o2)CC1. The number of oxazole rings is 1. The highest BCUT2D eigenvalue weighted by molar-refractivity contribution is 5.79. The lowest BCUT2D eigenvalue weighted by Crippen LogP contribution is -2.40. The van der Waals surface area contributed by atoms with Crippen molar-refractivity contribution in [3.05, 3.63) is 48.2 Å². The zero-order chi connectivity index (χ0) is 21.0. The van der Waals surface area contributed by atoms with Crippen LogP contribution in [0, 0.1) is 5.92 Å². The zero-order valence-corrected chi connectivity index (χ0v) is 17.5. The summed E-state index contributed by atoms with van der Waals surface area (Å²) in [4.78, 5) is 26.1. The van der Waals surface area contributed by atoms with Crippen LogP contribution < -0.4 is 15.1 Å². The van der Waals surface area contributed by atoms with Crippen molar-refractivity contribution < 1.29 is 13.9 Å². The van der Waals surface area contributed by atoms with E-state index in [1.165, 1.54) is 0 Å². The lowest BCUT2D eigenvalue weighted by Gasteiger charge is -2.30. The second-order valence-electron chi connectivity index (χ2n) is 8.07. The van der Waals surface area contributed by atoms with Gasteiger partial charge >= 0.3 is 0 Å². The highest BCUT2D eigenvalue weighted by atomic mass is 16.5. The molecule has 1 aromatic carbocycles. The monoisotopic (exact) mass is 421 g/mol. The number of amides is 1. The molecule has 2 saturated heterocycles. The molecule has 0 atom stereocenters. The minimum absolute atomic E-state index is 0.0150. The first-order valence-electron chi connectivity index (χ1n) is 10.9. The van der Waals surface area contributed by atoms with Crippen molar-refractivity contribution in [3.8, 4) is 0 Å². The number of aromatic nitrogens is 2. The number of hydrogen-bond donors (Lipinski definition) is 1. The van der Waals surface area contributed by atoms with Crippen molar-refractivity contribution in [1.29, 1.82) is 0 Å². The van der Waals surface area contributed by atoms with Crippen LogP contribution in [0.2, 0.25) is 0 Å². The molecule has 8 nitrogen and oxygen atoms in total. The van der Waals surface area contributed by atoms with Gasteiger partial charge in [0, 0.05) is 44.8 Å². The summed E-state index contributed by atoms with van der Waals surface area (Å²) in [6, 6.07) is 12.5. The minimum Gasteiger partial charge on any atom is -0.423 e. The second kappa shape index (κ2) is 8.93. The maximum atomic E-state index is 12.7. The lowest BCUT2D eigenvalue weighted by molar-refractivity contribution is -0.125. The number of piperidine rings is 1. The van der Waals surface area contributed by atoms with Crippen LogP contribution in [0.15, 0.2) is 47.0 Å². The van der Waals surface area contributed by atoms with E-state index in [0.717, 1.165) is 74.7 Å². The van der Waals surface area contributed by atoms with Crippen LogP contribution in [0.3, 0.4) is 0 Å². The van der Waals surface area contributed by atoms with Gasteiger partial charge in [-0.25, -0.2) is 4.98 Å². The van der Waals surface area contributed by atoms with Crippen molar-refractivity contribution in [2.45, 2.75) is 19.4 Å². The van der Waals surface area contributed by atoms with Crippen molar-refractivity contribution >= 4 is 28.8 Å². The molecule has 0 unspecified atom stereocenters. The summed E-state index contributed by atoms with van der Waals surface area (Å²) in [7, 11) is 0. The van der Waals surface area contributed by atoms with Gasteiger partial charge in [-0.15, -0.1) is 0 Å². The maximum Gasteiger partial charge on any atom is 0.298 e. The van der Waals surface area contributed by atoms with Crippen LogP contribution in [0.5, 0.6) is 0 Å². The van der Waals surface area contributed by atoms with Gasteiger partial charge < -0.3 is 24.3 Å². The van der Waals surface area contributed by atoms with E-state index in [-0.39, 0.29) is 11.8 Å². The molecule has 2 fully saturated rings. The van der Waals surface area contributed by atoms with Crippen LogP contribution in [0.1, 0.15) is 18.4 Å². The van der Waals surface area contributed by atoms with Gasteiger partial charge in [0.1, 0.15) is 11.3 Å². The summed E-state index contributed by atoms with van der Waals surface area (Å²) < 4.78 is 11.2. The summed E-state index contributed by atoms with van der Waals surface area (Å²) in [6.45, 7) is 5.24. The van der Waals surface area contributed by atoms with E-state index < -0.39 is 0 Å². The molecule has 8 heteroatoms. The third-order valence-corrected chi connectivity index (χ3v) is 6.03. The van der Waals surface area contributed by atoms with E-state index >= 15 is 0 Å². The Morgan fingerprint density at radius 1 is 1.03 bits per heavy atom. The highest BCUT2D eigenvalue weighted by Gasteiger charge is 2.27. The highest BCUT2D eigenvalue weighted by Crippen LogP contribution is 2.26. The van der Waals surface area contributed by atoms with Crippen molar-refractivity contribution in [3.63, 3.8) is 0 Å². The molecule has 4 heterocycles. The van der Waals surface area contributed by atoms with Crippen LogP contribution in [0.25, 0.3) is 11.1 Å². The number of fused-ring (bicyclic) bond motifs is 1. The Balaban J connectivity index is 1.10. The number of carbonyl (C=O) groups is 1. The topological polar surface area (TPSA) is 83.7 Å². The third kappa shape index (κ3) is 4.49. The van der Waals surface area contributed by atoms with Crippen LogP contribution >= 0.6 is 0 Å². The minimum atomic E-state index is 0.0150. The number of pyridine rings is 1. The lowest BCUT2D eigenvalue weighted by atomic mass is 9.96. The Morgan fingerprint density at radius 3 is 2.58 bits per heavy atom. The summed E-state index contributed by atoms with van der Waals surface area (Å²) in [5.74, 6) is 1.08. The maximum absolute atomic E-state index is 12.7. The molecular formula is C23H27N5O3. The number of carbonyl (C=O) groups excluding carboxylic acids is 1. The Bertz CT molecular complexity index is 988. The number of rotatable bonds is 5. The first kappa shape index (κ1) is 19.8. The average molecular weight is 422 g/mol. The Morgan fingerprint density at radius 2 is 1.84 bits per heavy atom. The molecule has 31 heavy (non-hydrogen) atoms. The van der Waals surface area contributed by atoms with E-state index in [9.17, 15) is 4.79 Å². The Hall–Kier alpha value is -3.13. The van der Waals surface area contributed by atoms with Gasteiger partial charge in [0.15, 0.2) is 5.58 Å². The Kier molecular flexibility index (Phi) is 5.71. The van der Waals surface area contributed by atoms with Crippen molar-refractivity contribution in [2.24, 2.45) is 5.92 Å². The van der Waals surface area contributed by atoms with E-state index in [1.54, 1.807) is 0 Å². The Labute approximate surface area is 181 Å². The molecule has 1 N–H and O–H groups in total. The summed E-state index contributed by atoms with van der Waals surface area (Å²) in [6.07, 6.45) is 3.43. The van der Waals surface area contributed by atoms with Gasteiger partial charge in [0.25, 0.3) is 6.01 Å². The van der Waals surface area contributed by atoms with Crippen LogP contribution in [-0.2, 0) is 16.1 Å². The van der Waals surface area contributed by atoms with E-state index in [2.05, 4.69) is 25.1 Å². The average Bonchev–Trinajstić information content (AvgIpc) is 3.28. The molecule has 0 spiro atoms. The zero-order valence-electron chi connectivity index (χ0n) is 17.5. The number of ether oxygens (including phenoxy) is 1. The van der Waals surface area contributed by atoms with E-state index in [1.807, 2.05) is 42.6 Å². The third-order valence-electron chi connectivity index (χ3n) is 6.03. The van der Waals surface area contributed by atoms with E-state index in [4.69, 9.17) is 9.15 Å². The molecule has 2 aliphatic rings. The number of morpholine rings is 1. The van der Waals surface area contributed by atoms with Gasteiger partial charge in [0.2, 0.25) is 5.91 Å². The van der Waals surface area contributed by atoms with Gasteiger partial charge in [0.05, 0.1) is 13.2 Å². The van der Waals surface area contributed by atoms with Crippen molar-refractivity contribution in [2.75, 3.05) is 49.2 Å². The fraction of sp³-hybridized carbons (Fsp3) is 0.435. The number of para-hydroxylation sites is 2. The van der Waals surface area contributed by atoms with Crippen LogP contribution in [0.4, 0.5) is 11.8 Å². The molecule has 162 valence electrons. The molecule has 2 aromatic heterocycles. The predicted molar refractivity (Wildman–Crippen MR) is 118 cm³/mol. The summed E-state index contributed by atoms with van der Waals surface area (Å²) >= 11 is 0. The van der Waals surface area contributed by atoms with Gasteiger partial charge in [-0.05, 0) is 36.6 Å². The molecule has 2 aliphatic heterocycles. The fourth-order valence-electron chi connectivity index (χ4n) is 4.16. The summed E-state index contributed by atoms with van der Waals surface area (Å²) in [5, 5.41) is 3.07. The largest absolute Gasteiger partial charge is 0.423 e. The summed E-state index contributed by atoms with van der Waals surface area (Å²) in [5.41, 5.74) is 2.67. The predicted octanol–water partition coefficient (Wildman–Crippen LogP) is 2.59. The number of anilines is 2. The quantitative estimate of drug-likeness (QED) is 0.678. The molecule has 1 amide bonds. The van der Waals surface area contributed by atoms with Crippen molar-refractivity contribution in [1.82, 2.24) is 15.3 Å². The number of hydrogen-bond acceptors (Lipinski definition) is 7. The number of nitrogens with one attached hydrogen (secondary N) is 1. The van der Waals surface area contributed by atoms with Gasteiger partial charge in [-0.2, -0.15) is 4.98 Å². The second-order valence-corrected chi connectivity index (χ2v) is 8.07. The van der Waals surface area contributed by atoms with E-state index in [0.29, 0.717) is 12.6 Å². The number of benzene rings is 1. The normalized spacial score (nSPS) is 17.8. The first-order valence-corrected chi connectivity index (χ1v) is 10.9. The standard InChI is InChI=1S/C23H27N5O3/c29-22(25-16-17-5-6-21(24-15-17)27-11-13-30-14-12-27)18-7-9-28(10-8-18)23-26-19-3-1-2-4-20(19)31-23/h1-6,15,18H,7-14,16H2,(H,25,29). The molecule has 3 aromatic rings. The smallest absolute Gasteiger partial charge is 0.298 e. The molecule has 0 bridgehead atoms.